The maximum absolute atomic E-state index is 7.17. The standard InChI is InChI=1S/C106H85N5O3/c1-7-66(5)112-79-61-92-91-58-75(43-49-101(91)114-105(92)98(62-79)109-67(6)102(85-28-15-18-31-95(85)109)76-39-44-84-86(59-76)80-24-11-12-27-83(80)103(84)70-20-9-8-10-21-70)73-41-46-97-88(56-73)82-26-14-17-30-94(82)111(97)78-23-19-22-77(60-78)110-93-29-16-13-25-81(93)87-55-72(40-45-96(87)110)74-42-48-100-90(57-74)89-54-69(36-47-99(89)113-100)33-32-68-34-37-71(38-35-68)106-107-50-51-108(106)104-64(3)52-63(2)53-65(104)4/h11-19,22-31,34-62,66,70,103H,7-10,20-21,32-33H2,1-6H3. The largest absolute Gasteiger partial charge is 0.491 e. The first-order valence-corrected chi connectivity index (χ1v) is 40.9. The van der Waals surface area contributed by atoms with Crippen LogP contribution in [-0.2, 0) is 12.8 Å². The van der Waals surface area contributed by atoms with E-state index in [1.165, 1.54) is 126 Å². The van der Waals surface area contributed by atoms with Gasteiger partial charge in [-0.1, -0.05) is 196 Å². The molecule has 8 nitrogen and oxygen atoms in total. The number of furan rings is 2. The van der Waals surface area contributed by atoms with E-state index in [1.54, 1.807) is 0 Å². The Balaban J connectivity index is 0.576. The highest BCUT2D eigenvalue weighted by Gasteiger charge is 2.36. The molecule has 2 unspecified atom stereocenters. The smallest absolute Gasteiger partial charge is 0.159 e. The lowest BCUT2D eigenvalue weighted by Gasteiger charge is -2.29. The summed E-state index contributed by atoms with van der Waals surface area (Å²) in [5.74, 6) is 2.92. The highest BCUT2D eigenvalue weighted by molar-refractivity contribution is 6.15. The van der Waals surface area contributed by atoms with Gasteiger partial charge in [0.1, 0.15) is 28.3 Å². The number of hydrogen-bond donors (Lipinski definition) is 0. The van der Waals surface area contributed by atoms with Crippen LogP contribution < -0.4 is 4.74 Å². The molecule has 0 radical (unpaired) electrons. The van der Waals surface area contributed by atoms with Crippen LogP contribution in [0.5, 0.6) is 5.75 Å². The Morgan fingerprint density at radius 3 is 1.63 bits per heavy atom. The molecule has 8 heteroatoms. The average molecular weight is 1480 g/mol. The Morgan fingerprint density at radius 1 is 0.421 bits per heavy atom. The van der Waals surface area contributed by atoms with Gasteiger partial charge in [0.2, 0.25) is 0 Å². The van der Waals surface area contributed by atoms with Gasteiger partial charge in [0.05, 0.1) is 45.1 Å². The van der Waals surface area contributed by atoms with Gasteiger partial charge in [-0.25, -0.2) is 4.98 Å². The number of benzene rings is 14. The monoisotopic (exact) mass is 1480 g/mol. The van der Waals surface area contributed by atoms with E-state index in [9.17, 15) is 0 Å². The molecular formula is C106H85N5O3. The van der Waals surface area contributed by atoms with Crippen molar-refractivity contribution in [3.63, 3.8) is 0 Å². The van der Waals surface area contributed by atoms with Gasteiger partial charge in [0, 0.05) is 101 Å². The Hall–Kier alpha value is -13.2. The summed E-state index contributed by atoms with van der Waals surface area (Å²) >= 11 is 0. The predicted octanol–water partition coefficient (Wildman–Crippen LogP) is 28.4. The fraction of sp³-hybridized carbons (Fsp3) is 0.160. The maximum Gasteiger partial charge on any atom is 0.159 e. The molecule has 2 atom stereocenters. The quantitative estimate of drug-likeness (QED) is 0.103. The van der Waals surface area contributed by atoms with Gasteiger partial charge >= 0.3 is 0 Å². The van der Waals surface area contributed by atoms with E-state index >= 15 is 0 Å². The zero-order valence-corrected chi connectivity index (χ0v) is 65.1. The van der Waals surface area contributed by atoms with Crippen molar-refractivity contribution < 1.29 is 13.6 Å². The molecule has 0 aliphatic heterocycles. The van der Waals surface area contributed by atoms with E-state index in [2.05, 4.69) is 345 Å². The zero-order valence-electron chi connectivity index (χ0n) is 65.1. The van der Waals surface area contributed by atoms with Crippen LogP contribution in [0.25, 0.3) is 177 Å². The van der Waals surface area contributed by atoms with Gasteiger partial charge in [-0.05, 0) is 254 Å². The number of ether oxygens (including phenoxy) is 1. The molecule has 20 aromatic rings. The first kappa shape index (κ1) is 67.7. The van der Waals surface area contributed by atoms with Crippen LogP contribution in [0, 0.1) is 33.6 Å². The molecular weight excluding hydrogens is 1390 g/mol. The van der Waals surface area contributed by atoms with Crippen LogP contribution in [0.2, 0.25) is 0 Å². The molecule has 552 valence electrons. The van der Waals surface area contributed by atoms with E-state index in [-0.39, 0.29) is 6.10 Å². The fourth-order valence-electron chi connectivity index (χ4n) is 20.1. The third kappa shape index (κ3) is 11.0. The summed E-state index contributed by atoms with van der Waals surface area (Å²) in [5.41, 5.74) is 35.0. The Kier molecular flexibility index (Phi) is 15.9. The second-order valence-electron chi connectivity index (χ2n) is 32.4. The number of nitrogens with zero attached hydrogens (tertiary/aromatic N) is 5. The van der Waals surface area contributed by atoms with Crippen LogP contribution in [0.3, 0.4) is 0 Å². The van der Waals surface area contributed by atoms with Crippen LogP contribution in [0.4, 0.5) is 0 Å². The van der Waals surface area contributed by atoms with Crippen molar-refractivity contribution in [3.05, 3.63) is 336 Å². The average Bonchev–Trinajstić information content (AvgIpc) is 1.57. The molecule has 22 rings (SSSR count). The summed E-state index contributed by atoms with van der Waals surface area (Å²) in [4.78, 5) is 4.82. The topological polar surface area (TPSA) is 68.1 Å². The van der Waals surface area contributed by atoms with Crippen LogP contribution in [-0.4, -0.2) is 29.4 Å². The molecule has 0 spiro atoms. The first-order valence-electron chi connectivity index (χ1n) is 40.9. The van der Waals surface area contributed by atoms with Gasteiger partial charge in [-0.2, -0.15) is 0 Å². The summed E-state index contributed by atoms with van der Waals surface area (Å²) in [5, 5.41) is 10.3. The number of hydrogen-bond acceptors (Lipinski definition) is 4. The van der Waals surface area contributed by atoms with Crippen molar-refractivity contribution in [1.82, 2.24) is 23.3 Å². The number of aromatic nitrogens is 5. The van der Waals surface area contributed by atoms with Crippen LogP contribution in [0.15, 0.2) is 300 Å². The molecule has 1 fully saturated rings. The van der Waals surface area contributed by atoms with Gasteiger partial charge in [0.15, 0.2) is 5.58 Å². The van der Waals surface area contributed by atoms with Crippen LogP contribution in [0.1, 0.15) is 103 Å². The highest BCUT2D eigenvalue weighted by Crippen LogP contribution is 2.54. The molecule has 114 heavy (non-hydrogen) atoms. The summed E-state index contributed by atoms with van der Waals surface area (Å²) < 4.78 is 30.1. The molecule has 6 aromatic heterocycles. The van der Waals surface area contributed by atoms with E-state index in [0.29, 0.717) is 11.8 Å². The molecule has 2 aliphatic rings. The Labute approximate surface area is 662 Å². The zero-order chi connectivity index (χ0) is 76.1. The number of aryl methyl sites for hydroxylation is 5. The lowest BCUT2D eigenvalue weighted by molar-refractivity contribution is 0.217. The van der Waals surface area contributed by atoms with Crippen molar-refractivity contribution in [3.8, 4) is 84.4 Å². The number of fused-ring (bicyclic) bond motifs is 16. The maximum atomic E-state index is 7.17. The summed E-state index contributed by atoms with van der Waals surface area (Å²) in [7, 11) is 0. The molecule has 0 amide bonds. The molecule has 2 aliphatic carbocycles. The van der Waals surface area contributed by atoms with Gasteiger partial charge < -0.3 is 27.3 Å². The minimum atomic E-state index is 0.0135. The Morgan fingerprint density at radius 2 is 0.956 bits per heavy atom. The van der Waals surface area contributed by atoms with Crippen molar-refractivity contribution in [2.45, 2.75) is 105 Å². The lowest BCUT2D eigenvalue weighted by atomic mass is 9.75. The predicted molar refractivity (Wildman–Crippen MR) is 472 cm³/mol. The third-order valence-corrected chi connectivity index (χ3v) is 25.5. The van der Waals surface area contributed by atoms with Crippen molar-refractivity contribution >= 4 is 98.4 Å². The van der Waals surface area contributed by atoms with Crippen molar-refractivity contribution in [2.24, 2.45) is 5.92 Å². The summed E-state index contributed by atoms with van der Waals surface area (Å²) in [6.45, 7) is 13.2. The number of imidazole rings is 1. The van der Waals surface area contributed by atoms with E-state index in [1.807, 2.05) is 6.20 Å². The lowest BCUT2D eigenvalue weighted by Crippen LogP contribution is -2.15. The van der Waals surface area contributed by atoms with Gasteiger partial charge in [-0.3, -0.25) is 4.57 Å². The van der Waals surface area contributed by atoms with Gasteiger partial charge in [0.25, 0.3) is 0 Å². The molecule has 0 bridgehead atoms. The normalized spacial score (nSPS) is 14.2. The molecule has 0 saturated heterocycles. The van der Waals surface area contributed by atoms with E-state index in [4.69, 9.17) is 18.6 Å². The Bertz CT molecular complexity index is 7300. The van der Waals surface area contributed by atoms with E-state index < -0.39 is 0 Å². The minimum Gasteiger partial charge on any atom is -0.491 e. The second kappa shape index (κ2) is 26.8. The van der Waals surface area contributed by atoms with Gasteiger partial charge in [-0.15, -0.1) is 0 Å². The summed E-state index contributed by atoms with van der Waals surface area (Å²) in [6.07, 6.45) is 13.3. The number of rotatable bonds is 15. The molecule has 14 aromatic carbocycles. The second-order valence-corrected chi connectivity index (χ2v) is 32.4. The van der Waals surface area contributed by atoms with E-state index in [0.717, 1.165) is 153 Å². The summed E-state index contributed by atoms with van der Waals surface area (Å²) in [6, 6.07) is 104. The third-order valence-electron chi connectivity index (χ3n) is 25.5. The molecule has 0 N–H and O–H groups in total. The highest BCUT2D eigenvalue weighted by atomic mass is 16.5. The van der Waals surface area contributed by atoms with Crippen molar-refractivity contribution in [2.75, 3.05) is 0 Å². The van der Waals surface area contributed by atoms with Crippen LogP contribution >= 0.6 is 0 Å². The molecule has 6 heterocycles. The number of para-hydroxylation sites is 3. The molecule has 1 saturated carbocycles. The first-order chi connectivity index (χ1) is 56.0. The minimum absolute atomic E-state index is 0.0135. The SMILES string of the molecule is CCC(C)Oc1cc(-n2c(C)c(-c3ccc4c(c3)-c3ccccc3C4C3CCCCC3)c3ccccc32)c2oc3ccc(-c4ccc5c(c4)c4ccccc4n5-c4cccc(-n5c6ccccc6c6cc(-c7ccc8oc9ccc(CCc%10ccc(-c%11nccn%11-c%11c(C)cc(C)cc%11C)cc%10)cc9c8c7)ccc65)c4)cc3c2c1. The van der Waals surface area contributed by atoms with Crippen molar-refractivity contribution in [1.29, 1.82) is 0 Å². The fourth-order valence-corrected chi connectivity index (χ4v) is 20.1.